The smallest absolute Gasteiger partial charge is 0.188 e. The van der Waals surface area contributed by atoms with Crippen LogP contribution in [-0.4, -0.2) is 20.2 Å². The fourth-order valence-corrected chi connectivity index (χ4v) is 5.74. The first-order chi connectivity index (χ1) is 15.1. The molecule has 0 amide bonds. The summed E-state index contributed by atoms with van der Waals surface area (Å²) in [5.74, 6) is 0.852. The van der Waals surface area contributed by atoms with Crippen molar-refractivity contribution < 1.29 is 14.3 Å². The first-order valence-electron chi connectivity index (χ1n) is 10.7. The number of ether oxygens (including phenoxy) is 2. The molecule has 3 nitrogen and oxygen atoms in total. The Kier molecular flexibility index (Phi) is 8.40. The number of aldehydes is 1. The Balaban J connectivity index is 2.04. The van der Waals surface area contributed by atoms with Gasteiger partial charge in [-0.2, -0.15) is 0 Å². The molecule has 0 aliphatic carbocycles. The molecule has 3 rings (SSSR count). The molecule has 0 aromatic heterocycles. The number of carbonyl (C=O) groups is 1. The predicted octanol–water partition coefficient (Wildman–Crippen LogP) is 6.09. The van der Waals surface area contributed by atoms with Crippen LogP contribution in [0.4, 0.5) is 0 Å². The molecule has 0 spiro atoms. The number of carbonyl (C=O) groups excluding carboxylic acids is 1. The number of rotatable bonds is 11. The third kappa shape index (κ3) is 6.03. The summed E-state index contributed by atoms with van der Waals surface area (Å²) < 4.78 is 11.2. The van der Waals surface area contributed by atoms with Crippen molar-refractivity contribution >= 4 is 20.2 Å². The van der Waals surface area contributed by atoms with E-state index in [0.717, 1.165) is 42.2 Å². The topological polar surface area (TPSA) is 35.5 Å². The van der Waals surface area contributed by atoms with Gasteiger partial charge in [0.25, 0.3) is 0 Å². The first-order valence-corrected chi connectivity index (χ1v) is 11.7. The molecule has 0 bridgehead atoms. The van der Waals surface area contributed by atoms with E-state index in [4.69, 9.17) is 9.47 Å². The van der Waals surface area contributed by atoms with Crippen molar-refractivity contribution in [1.29, 1.82) is 0 Å². The third-order valence-electron chi connectivity index (χ3n) is 5.47. The Hall–Kier alpha value is -2.48. The Morgan fingerprint density at radius 1 is 0.968 bits per heavy atom. The van der Waals surface area contributed by atoms with E-state index in [9.17, 15) is 4.79 Å². The fraction of sp³-hybridized carbons (Fsp3) is 0.296. The van der Waals surface area contributed by atoms with Crippen molar-refractivity contribution in [3.63, 3.8) is 0 Å². The number of hydrogen-bond acceptors (Lipinski definition) is 3. The van der Waals surface area contributed by atoms with Gasteiger partial charge in [-0.15, -0.1) is 0 Å². The van der Waals surface area contributed by atoms with E-state index < -0.39 is 0 Å². The second-order valence-electron chi connectivity index (χ2n) is 7.96. The molecule has 3 aromatic carbocycles. The molecule has 0 N–H and O–H groups in total. The highest BCUT2D eigenvalue weighted by Gasteiger charge is 2.31. The Bertz CT molecular complexity index is 987. The Labute approximate surface area is 187 Å². The highest BCUT2D eigenvalue weighted by molar-refractivity contribution is 7.48. The van der Waals surface area contributed by atoms with E-state index in [0.29, 0.717) is 8.58 Å². The molecule has 0 saturated carbocycles. The van der Waals surface area contributed by atoms with E-state index in [-0.39, 0.29) is 11.9 Å². The molecule has 0 saturated heterocycles. The molecule has 0 radical (unpaired) electrons. The standard InChI is InChI=1S/C27H31O3P/c1-4-16-27(2,31-26-13-9-8-12-23(26)19-28)24-18-22(14-15-25(24)30-20-29-3)17-21-10-6-5-7-11-21/h5-15,18-19,31H,4,16-17,20H2,1-3H3. The largest absolute Gasteiger partial charge is 0.467 e. The highest BCUT2D eigenvalue weighted by Crippen LogP contribution is 2.48. The summed E-state index contributed by atoms with van der Waals surface area (Å²) in [5, 5.41) is 0.948. The summed E-state index contributed by atoms with van der Waals surface area (Å²) in [6, 6.07) is 24.9. The summed E-state index contributed by atoms with van der Waals surface area (Å²) >= 11 is 0. The minimum absolute atomic E-state index is 0.149. The molecule has 3 aromatic rings. The van der Waals surface area contributed by atoms with Crippen LogP contribution in [0, 0.1) is 0 Å². The van der Waals surface area contributed by atoms with Crippen LogP contribution in [0.25, 0.3) is 0 Å². The van der Waals surface area contributed by atoms with Crippen molar-refractivity contribution in [2.24, 2.45) is 0 Å². The first kappa shape index (κ1) is 23.2. The maximum atomic E-state index is 11.6. The lowest BCUT2D eigenvalue weighted by Gasteiger charge is -2.33. The summed E-state index contributed by atoms with van der Waals surface area (Å²) in [7, 11) is 2.09. The minimum atomic E-state index is -0.149. The van der Waals surface area contributed by atoms with Gasteiger partial charge in [0.1, 0.15) is 5.75 Å². The molecular weight excluding hydrogens is 403 g/mol. The van der Waals surface area contributed by atoms with Gasteiger partial charge in [-0.05, 0) is 35.3 Å². The fourth-order valence-electron chi connectivity index (χ4n) is 3.97. The van der Waals surface area contributed by atoms with Gasteiger partial charge in [-0.25, -0.2) is 0 Å². The van der Waals surface area contributed by atoms with Gasteiger partial charge in [0, 0.05) is 23.4 Å². The van der Waals surface area contributed by atoms with Crippen LogP contribution in [-0.2, 0) is 16.3 Å². The normalized spacial score (nSPS) is 13.3. The summed E-state index contributed by atoms with van der Waals surface area (Å²) in [6.45, 7) is 4.71. The molecule has 0 heterocycles. The van der Waals surface area contributed by atoms with E-state index in [1.54, 1.807) is 7.11 Å². The molecular formula is C27H31O3P. The molecule has 0 aliphatic heterocycles. The van der Waals surface area contributed by atoms with E-state index in [2.05, 4.69) is 62.4 Å². The van der Waals surface area contributed by atoms with Gasteiger partial charge in [0.05, 0.1) is 0 Å². The third-order valence-corrected chi connectivity index (χ3v) is 7.27. The lowest BCUT2D eigenvalue weighted by atomic mass is 9.91. The maximum Gasteiger partial charge on any atom is 0.188 e. The van der Waals surface area contributed by atoms with Crippen molar-refractivity contribution in [3.05, 3.63) is 95.1 Å². The zero-order chi connectivity index (χ0) is 22.1. The summed E-state index contributed by atoms with van der Waals surface area (Å²) in [4.78, 5) is 11.6. The van der Waals surface area contributed by atoms with Crippen LogP contribution < -0.4 is 10.0 Å². The van der Waals surface area contributed by atoms with Crippen molar-refractivity contribution in [2.75, 3.05) is 13.9 Å². The SMILES string of the molecule is CCCC(C)(Pc1ccccc1C=O)c1cc(Cc2ccccc2)ccc1OCOC. The van der Waals surface area contributed by atoms with E-state index >= 15 is 0 Å². The average Bonchev–Trinajstić information content (AvgIpc) is 2.79. The van der Waals surface area contributed by atoms with Crippen LogP contribution >= 0.6 is 8.58 Å². The van der Waals surface area contributed by atoms with Crippen LogP contribution in [0.1, 0.15) is 53.7 Å². The zero-order valence-electron chi connectivity index (χ0n) is 18.6. The van der Waals surface area contributed by atoms with Gasteiger partial charge in [0.2, 0.25) is 0 Å². The number of methoxy groups -OCH3 is 1. The van der Waals surface area contributed by atoms with Gasteiger partial charge < -0.3 is 9.47 Å². The molecule has 4 heteroatoms. The highest BCUT2D eigenvalue weighted by atomic mass is 31.1. The lowest BCUT2D eigenvalue weighted by molar-refractivity contribution is 0.0500. The van der Waals surface area contributed by atoms with Crippen molar-refractivity contribution in [2.45, 2.75) is 38.3 Å². The molecule has 31 heavy (non-hydrogen) atoms. The summed E-state index contributed by atoms with van der Waals surface area (Å²) in [5.41, 5.74) is 4.48. The van der Waals surface area contributed by atoms with Gasteiger partial charge in [0.15, 0.2) is 13.1 Å². The van der Waals surface area contributed by atoms with Crippen LogP contribution in [0.15, 0.2) is 72.8 Å². The summed E-state index contributed by atoms with van der Waals surface area (Å²) in [6.07, 6.45) is 3.87. The Morgan fingerprint density at radius 2 is 1.71 bits per heavy atom. The minimum Gasteiger partial charge on any atom is -0.467 e. The van der Waals surface area contributed by atoms with Gasteiger partial charge >= 0.3 is 0 Å². The maximum absolute atomic E-state index is 11.6. The van der Waals surface area contributed by atoms with Gasteiger partial charge in [-0.3, -0.25) is 4.79 Å². The van der Waals surface area contributed by atoms with Crippen LogP contribution in [0.5, 0.6) is 5.75 Å². The molecule has 2 unspecified atom stereocenters. The van der Waals surface area contributed by atoms with Crippen LogP contribution in [0.2, 0.25) is 0 Å². The molecule has 162 valence electrons. The quantitative estimate of drug-likeness (QED) is 0.208. The van der Waals surface area contributed by atoms with E-state index in [1.807, 2.05) is 24.3 Å². The molecule has 0 aliphatic rings. The van der Waals surface area contributed by atoms with Crippen LogP contribution in [0.3, 0.4) is 0 Å². The second-order valence-corrected chi connectivity index (χ2v) is 9.85. The Morgan fingerprint density at radius 3 is 2.42 bits per heavy atom. The second kappa shape index (κ2) is 11.2. The number of hydrogen-bond donors (Lipinski definition) is 0. The monoisotopic (exact) mass is 434 g/mol. The predicted molar refractivity (Wildman–Crippen MR) is 130 cm³/mol. The molecule has 0 fully saturated rings. The number of benzene rings is 3. The van der Waals surface area contributed by atoms with Crippen molar-refractivity contribution in [1.82, 2.24) is 0 Å². The zero-order valence-corrected chi connectivity index (χ0v) is 19.6. The van der Waals surface area contributed by atoms with E-state index in [1.165, 1.54) is 16.7 Å². The van der Waals surface area contributed by atoms with Crippen molar-refractivity contribution in [3.8, 4) is 5.75 Å². The average molecular weight is 435 g/mol. The van der Waals surface area contributed by atoms with Gasteiger partial charge in [-0.1, -0.05) is 95.6 Å². The molecule has 2 atom stereocenters. The lowest BCUT2D eigenvalue weighted by Crippen LogP contribution is -2.22.